The Morgan fingerprint density at radius 2 is 1.68 bits per heavy atom. The lowest BCUT2D eigenvalue weighted by molar-refractivity contribution is -0.119. The summed E-state index contributed by atoms with van der Waals surface area (Å²) in [6, 6.07) is 16.0. The Morgan fingerprint density at radius 1 is 1.00 bits per heavy atom. The van der Waals surface area contributed by atoms with Crippen LogP contribution in [0.3, 0.4) is 0 Å². The number of carbonyl (C=O) groups is 2. The number of benzene rings is 3. The second-order valence-electron chi connectivity index (χ2n) is 6.08. The van der Waals surface area contributed by atoms with Gasteiger partial charge in [0, 0.05) is 11.6 Å². The summed E-state index contributed by atoms with van der Waals surface area (Å²) in [7, 11) is -3.54. The molecule has 0 aromatic heterocycles. The minimum Gasteiger partial charge on any atom is -0.506 e. The number of phenolic OH excluding ortho intramolecular Hbond substituents is 1. The summed E-state index contributed by atoms with van der Waals surface area (Å²) in [5.41, 5.74) is 0.0302. The number of ether oxygens (including phenoxy) is 1. The fraction of sp³-hybridized carbons (Fsp3) is 0.100. The van der Waals surface area contributed by atoms with Crippen molar-refractivity contribution in [2.24, 2.45) is 0 Å². The van der Waals surface area contributed by atoms with Crippen molar-refractivity contribution in [3.63, 3.8) is 0 Å². The molecule has 0 radical (unpaired) electrons. The number of hydrogen-bond donors (Lipinski definition) is 2. The van der Waals surface area contributed by atoms with Crippen LogP contribution in [0.1, 0.15) is 10.4 Å². The van der Waals surface area contributed by atoms with Crippen molar-refractivity contribution >= 4 is 38.2 Å². The first kappa shape index (κ1) is 19.4. The predicted octanol–water partition coefficient (Wildman–Crippen LogP) is 2.74. The fourth-order valence-corrected chi connectivity index (χ4v) is 3.55. The molecule has 3 aromatic rings. The van der Waals surface area contributed by atoms with Crippen molar-refractivity contribution in [2.45, 2.75) is 4.90 Å². The molecule has 7 nitrogen and oxygen atoms in total. The van der Waals surface area contributed by atoms with E-state index in [0.717, 1.165) is 11.6 Å². The summed E-state index contributed by atoms with van der Waals surface area (Å²) in [5.74, 6) is -1.80. The van der Waals surface area contributed by atoms with Crippen LogP contribution in [0.2, 0.25) is 0 Å². The molecule has 144 valence electrons. The number of rotatable bonds is 5. The van der Waals surface area contributed by atoms with Crippen LogP contribution >= 0.6 is 0 Å². The van der Waals surface area contributed by atoms with Gasteiger partial charge in [-0.2, -0.15) is 0 Å². The number of carbonyl (C=O) groups excluding carboxylic acids is 2. The lowest BCUT2D eigenvalue weighted by Crippen LogP contribution is -2.22. The van der Waals surface area contributed by atoms with Gasteiger partial charge in [0.15, 0.2) is 16.4 Å². The minimum atomic E-state index is -3.54. The number of esters is 1. The second-order valence-corrected chi connectivity index (χ2v) is 8.06. The summed E-state index contributed by atoms with van der Waals surface area (Å²) >= 11 is 0. The zero-order chi connectivity index (χ0) is 20.3. The molecule has 0 saturated heterocycles. The highest BCUT2D eigenvalue weighted by Gasteiger charge is 2.18. The van der Waals surface area contributed by atoms with Gasteiger partial charge in [0.2, 0.25) is 0 Å². The summed E-state index contributed by atoms with van der Waals surface area (Å²) in [5, 5.41) is 13.9. The van der Waals surface area contributed by atoms with E-state index < -0.39 is 28.3 Å². The molecule has 8 heteroatoms. The van der Waals surface area contributed by atoms with E-state index in [9.17, 15) is 23.1 Å². The van der Waals surface area contributed by atoms with Gasteiger partial charge in [0.25, 0.3) is 5.91 Å². The van der Waals surface area contributed by atoms with Gasteiger partial charge in [-0.1, -0.05) is 42.5 Å². The molecule has 0 spiro atoms. The molecule has 0 saturated carbocycles. The average molecular weight is 399 g/mol. The molecular weight excluding hydrogens is 382 g/mol. The van der Waals surface area contributed by atoms with Crippen molar-refractivity contribution in [1.82, 2.24) is 0 Å². The van der Waals surface area contributed by atoms with E-state index in [1.54, 1.807) is 36.4 Å². The van der Waals surface area contributed by atoms with E-state index in [-0.39, 0.29) is 21.9 Å². The van der Waals surface area contributed by atoms with Crippen molar-refractivity contribution in [3.05, 3.63) is 66.2 Å². The highest BCUT2D eigenvalue weighted by atomic mass is 32.2. The predicted molar refractivity (Wildman–Crippen MR) is 104 cm³/mol. The molecule has 1 amide bonds. The maximum atomic E-state index is 12.2. The Hall–Kier alpha value is -3.39. The van der Waals surface area contributed by atoms with E-state index in [1.807, 2.05) is 0 Å². The van der Waals surface area contributed by atoms with Gasteiger partial charge in [-0.25, -0.2) is 13.2 Å². The maximum Gasteiger partial charge on any atom is 0.342 e. The summed E-state index contributed by atoms with van der Waals surface area (Å²) in [6.45, 7) is -0.636. The Bertz CT molecular complexity index is 1170. The first-order valence-corrected chi connectivity index (χ1v) is 10.1. The van der Waals surface area contributed by atoms with Crippen molar-refractivity contribution in [1.29, 1.82) is 0 Å². The molecular formula is C20H17NO6S. The van der Waals surface area contributed by atoms with Crippen molar-refractivity contribution < 1.29 is 27.9 Å². The van der Waals surface area contributed by atoms with E-state index in [4.69, 9.17) is 4.74 Å². The Kier molecular flexibility index (Phi) is 5.32. The zero-order valence-electron chi connectivity index (χ0n) is 14.9. The average Bonchev–Trinajstić information content (AvgIpc) is 2.66. The number of amides is 1. The third-order valence-corrected chi connectivity index (χ3v) is 5.17. The molecule has 0 unspecified atom stereocenters. The standard InChI is InChI=1S/C20H17NO6S/c1-28(25,26)17-9-5-4-8-16(17)21-18(22)12-27-20(24)15-11-10-13-6-2-3-7-14(13)19(15)23/h2-11,23H,12H2,1H3,(H,21,22). The number of anilines is 1. The number of para-hydroxylation sites is 1. The van der Waals surface area contributed by atoms with Crippen LogP contribution in [0.25, 0.3) is 10.8 Å². The molecule has 0 aliphatic rings. The summed E-state index contributed by atoms with van der Waals surface area (Å²) in [4.78, 5) is 24.3. The van der Waals surface area contributed by atoms with E-state index >= 15 is 0 Å². The van der Waals surface area contributed by atoms with Gasteiger partial charge in [-0.15, -0.1) is 0 Å². The molecule has 28 heavy (non-hydrogen) atoms. The molecule has 3 rings (SSSR count). The smallest absolute Gasteiger partial charge is 0.342 e. The first-order valence-electron chi connectivity index (χ1n) is 8.24. The van der Waals surface area contributed by atoms with Crippen LogP contribution in [0, 0.1) is 0 Å². The summed E-state index contributed by atoms with van der Waals surface area (Å²) in [6.07, 6.45) is 1.03. The van der Waals surface area contributed by atoms with Crippen molar-refractivity contribution in [3.8, 4) is 5.75 Å². The van der Waals surface area contributed by atoms with Crippen molar-refractivity contribution in [2.75, 3.05) is 18.2 Å². The van der Waals surface area contributed by atoms with Crippen LogP contribution in [0.4, 0.5) is 5.69 Å². The Morgan fingerprint density at radius 3 is 2.43 bits per heavy atom. The monoisotopic (exact) mass is 399 g/mol. The molecule has 3 aromatic carbocycles. The maximum absolute atomic E-state index is 12.2. The number of aromatic hydroxyl groups is 1. The van der Waals surface area contributed by atoms with E-state index in [1.165, 1.54) is 24.3 Å². The number of phenols is 1. The van der Waals surface area contributed by atoms with Gasteiger partial charge in [0.05, 0.1) is 10.6 Å². The highest BCUT2D eigenvalue weighted by molar-refractivity contribution is 7.90. The zero-order valence-corrected chi connectivity index (χ0v) is 15.7. The van der Waals surface area contributed by atoms with Crippen LogP contribution in [0.5, 0.6) is 5.75 Å². The van der Waals surface area contributed by atoms with Gasteiger partial charge in [-0.3, -0.25) is 4.79 Å². The fourth-order valence-electron chi connectivity index (χ4n) is 2.71. The minimum absolute atomic E-state index is 0.0400. The van der Waals surface area contributed by atoms with Crippen LogP contribution in [0.15, 0.2) is 65.6 Å². The number of sulfone groups is 1. The molecule has 0 bridgehead atoms. The molecule has 0 fully saturated rings. The SMILES string of the molecule is CS(=O)(=O)c1ccccc1NC(=O)COC(=O)c1ccc2ccccc2c1O. The lowest BCUT2D eigenvalue weighted by Gasteiger charge is -2.11. The Labute approximate surface area is 161 Å². The molecule has 0 atom stereocenters. The van der Waals surface area contributed by atoms with E-state index in [2.05, 4.69) is 5.32 Å². The van der Waals surface area contributed by atoms with Gasteiger partial charge in [-0.05, 0) is 23.6 Å². The number of fused-ring (bicyclic) bond motifs is 1. The summed E-state index contributed by atoms with van der Waals surface area (Å²) < 4.78 is 28.5. The Balaban J connectivity index is 1.71. The number of hydrogen-bond acceptors (Lipinski definition) is 6. The normalized spacial score (nSPS) is 11.2. The van der Waals surface area contributed by atoms with Crippen LogP contribution in [-0.2, 0) is 19.4 Å². The van der Waals surface area contributed by atoms with Gasteiger partial charge < -0.3 is 15.2 Å². The lowest BCUT2D eigenvalue weighted by atomic mass is 10.1. The molecule has 2 N–H and O–H groups in total. The second kappa shape index (κ2) is 7.69. The van der Waals surface area contributed by atoms with Crippen LogP contribution in [-0.4, -0.2) is 38.3 Å². The van der Waals surface area contributed by atoms with Crippen LogP contribution < -0.4 is 5.32 Å². The topological polar surface area (TPSA) is 110 Å². The third-order valence-electron chi connectivity index (χ3n) is 4.02. The van der Waals surface area contributed by atoms with E-state index in [0.29, 0.717) is 5.39 Å². The number of nitrogens with one attached hydrogen (secondary N) is 1. The molecule has 0 heterocycles. The largest absolute Gasteiger partial charge is 0.506 e. The molecule has 0 aliphatic carbocycles. The van der Waals surface area contributed by atoms with Gasteiger partial charge in [0.1, 0.15) is 11.3 Å². The van der Waals surface area contributed by atoms with Gasteiger partial charge >= 0.3 is 5.97 Å². The first-order chi connectivity index (χ1) is 13.3. The molecule has 0 aliphatic heterocycles. The quantitative estimate of drug-likeness (QED) is 0.639. The third kappa shape index (κ3) is 4.12. The highest BCUT2D eigenvalue weighted by Crippen LogP contribution is 2.29.